The number of pyridine rings is 1. The zero-order chi connectivity index (χ0) is 12.9. The highest BCUT2D eigenvalue weighted by atomic mass is 32.1. The Hall–Kier alpha value is -2.27. The molecule has 0 amide bonds. The summed E-state index contributed by atoms with van der Waals surface area (Å²) in [6, 6.07) is 13.8. The molecular weight excluding hydrogens is 258 g/mol. The number of aromatic nitrogens is 3. The summed E-state index contributed by atoms with van der Waals surface area (Å²) in [5.74, 6) is 0.557. The van der Waals surface area contributed by atoms with Crippen molar-refractivity contribution in [3.63, 3.8) is 0 Å². The minimum Gasteiger partial charge on any atom is -0.471 e. The van der Waals surface area contributed by atoms with Gasteiger partial charge in [0.15, 0.2) is 0 Å². The second-order valence-electron chi connectivity index (χ2n) is 3.93. The van der Waals surface area contributed by atoms with Crippen LogP contribution in [0.25, 0.3) is 11.3 Å². The summed E-state index contributed by atoms with van der Waals surface area (Å²) in [6.45, 7) is 0.486. The van der Waals surface area contributed by atoms with E-state index in [0.717, 1.165) is 28.5 Å². The Morgan fingerprint density at radius 3 is 2.68 bits per heavy atom. The molecule has 94 valence electrons. The maximum atomic E-state index is 5.73. The molecule has 0 unspecified atom stereocenters. The van der Waals surface area contributed by atoms with E-state index in [1.807, 2.05) is 42.5 Å². The molecule has 0 atom stereocenters. The zero-order valence-electron chi connectivity index (χ0n) is 10.1. The van der Waals surface area contributed by atoms with E-state index in [1.54, 1.807) is 12.4 Å². The first kappa shape index (κ1) is 11.8. The van der Waals surface area contributed by atoms with Crippen molar-refractivity contribution in [1.82, 2.24) is 13.7 Å². The van der Waals surface area contributed by atoms with Gasteiger partial charge in [0.25, 0.3) is 5.88 Å². The van der Waals surface area contributed by atoms with Crippen LogP contribution in [0.15, 0.2) is 54.9 Å². The van der Waals surface area contributed by atoms with Gasteiger partial charge >= 0.3 is 0 Å². The van der Waals surface area contributed by atoms with Gasteiger partial charge in [-0.05, 0) is 17.7 Å². The Morgan fingerprint density at radius 2 is 1.89 bits per heavy atom. The average molecular weight is 269 g/mol. The van der Waals surface area contributed by atoms with Crippen LogP contribution in [0.2, 0.25) is 0 Å². The molecule has 19 heavy (non-hydrogen) atoms. The van der Waals surface area contributed by atoms with E-state index in [0.29, 0.717) is 12.5 Å². The minimum atomic E-state index is 0.486. The summed E-state index contributed by atoms with van der Waals surface area (Å²) in [5.41, 5.74) is 2.76. The fourth-order valence-corrected chi connectivity index (χ4v) is 2.20. The van der Waals surface area contributed by atoms with Gasteiger partial charge in [-0.2, -0.15) is 4.37 Å². The molecule has 4 nitrogen and oxygen atoms in total. The van der Waals surface area contributed by atoms with E-state index in [2.05, 4.69) is 13.7 Å². The molecule has 0 spiro atoms. The lowest BCUT2D eigenvalue weighted by atomic mass is 10.2. The highest BCUT2D eigenvalue weighted by Crippen LogP contribution is 2.27. The lowest BCUT2D eigenvalue weighted by molar-refractivity contribution is 0.298. The molecule has 0 aliphatic rings. The summed E-state index contributed by atoms with van der Waals surface area (Å²) in [5, 5.41) is 0. The molecule has 0 radical (unpaired) electrons. The van der Waals surface area contributed by atoms with Gasteiger partial charge in [0.1, 0.15) is 12.3 Å². The van der Waals surface area contributed by atoms with Crippen LogP contribution in [-0.4, -0.2) is 13.7 Å². The molecule has 0 aliphatic carbocycles. The van der Waals surface area contributed by atoms with E-state index >= 15 is 0 Å². The second-order valence-corrected chi connectivity index (χ2v) is 4.46. The van der Waals surface area contributed by atoms with Crippen molar-refractivity contribution in [2.24, 2.45) is 0 Å². The van der Waals surface area contributed by atoms with E-state index < -0.39 is 0 Å². The molecule has 0 aliphatic heterocycles. The number of hydrogen-bond acceptors (Lipinski definition) is 5. The van der Waals surface area contributed by atoms with Crippen molar-refractivity contribution in [2.75, 3.05) is 0 Å². The monoisotopic (exact) mass is 269 g/mol. The lowest BCUT2D eigenvalue weighted by Crippen LogP contribution is -1.96. The smallest absolute Gasteiger partial charge is 0.254 e. The van der Waals surface area contributed by atoms with Gasteiger partial charge < -0.3 is 4.74 Å². The van der Waals surface area contributed by atoms with Gasteiger partial charge in [0.05, 0.1) is 11.7 Å². The van der Waals surface area contributed by atoms with Crippen LogP contribution < -0.4 is 4.74 Å². The lowest BCUT2D eigenvalue weighted by Gasteiger charge is -2.04. The predicted octanol–water partition coefficient (Wildman–Crippen LogP) is 3.18. The van der Waals surface area contributed by atoms with Crippen LogP contribution in [0.3, 0.4) is 0 Å². The molecule has 2 aromatic heterocycles. The quantitative estimate of drug-likeness (QED) is 0.730. The van der Waals surface area contributed by atoms with E-state index in [-0.39, 0.29) is 0 Å². The van der Waals surface area contributed by atoms with Crippen LogP contribution in [0.1, 0.15) is 5.56 Å². The minimum absolute atomic E-state index is 0.486. The molecular formula is C14H11N3OS. The van der Waals surface area contributed by atoms with Crippen molar-refractivity contribution in [3.8, 4) is 17.1 Å². The molecule has 0 fully saturated rings. The summed E-state index contributed by atoms with van der Waals surface area (Å²) >= 11 is 1.14. The molecule has 0 saturated heterocycles. The average Bonchev–Trinajstić information content (AvgIpc) is 2.95. The molecule has 1 aromatic carbocycles. The first-order valence-corrected chi connectivity index (χ1v) is 6.56. The van der Waals surface area contributed by atoms with Crippen molar-refractivity contribution in [2.45, 2.75) is 6.61 Å². The third-order valence-corrected chi connectivity index (χ3v) is 3.12. The maximum absolute atomic E-state index is 5.73. The standard InChI is InChI=1S/C14H11N3OS/c1-2-5-11(6-3-1)10-18-14-13(16-19-17-14)12-7-4-8-15-9-12/h1-9H,10H2. The second kappa shape index (κ2) is 5.58. The molecule has 0 saturated carbocycles. The number of rotatable bonds is 4. The van der Waals surface area contributed by atoms with Gasteiger partial charge in [-0.3, -0.25) is 4.98 Å². The number of nitrogens with zero attached hydrogens (tertiary/aromatic N) is 3. The van der Waals surface area contributed by atoms with Crippen molar-refractivity contribution in [1.29, 1.82) is 0 Å². The first-order chi connectivity index (χ1) is 9.43. The first-order valence-electron chi connectivity index (χ1n) is 5.83. The van der Waals surface area contributed by atoms with Crippen LogP contribution in [0.5, 0.6) is 5.88 Å². The van der Waals surface area contributed by atoms with Crippen molar-refractivity contribution >= 4 is 11.7 Å². The Balaban J connectivity index is 1.78. The molecule has 0 bridgehead atoms. The SMILES string of the molecule is c1ccc(COc2nsnc2-c2cccnc2)cc1. The van der Waals surface area contributed by atoms with E-state index in [9.17, 15) is 0 Å². The van der Waals surface area contributed by atoms with E-state index in [1.165, 1.54) is 0 Å². The van der Waals surface area contributed by atoms with Crippen LogP contribution in [-0.2, 0) is 6.61 Å². The predicted molar refractivity (Wildman–Crippen MR) is 73.9 cm³/mol. The summed E-state index contributed by atoms with van der Waals surface area (Å²) < 4.78 is 14.2. The van der Waals surface area contributed by atoms with Gasteiger partial charge in [-0.1, -0.05) is 30.3 Å². The third kappa shape index (κ3) is 2.77. The molecule has 3 aromatic rings. The Bertz CT molecular complexity index is 640. The number of hydrogen-bond donors (Lipinski definition) is 0. The van der Waals surface area contributed by atoms with Gasteiger partial charge in [0.2, 0.25) is 0 Å². The number of benzene rings is 1. The van der Waals surface area contributed by atoms with Gasteiger partial charge in [-0.15, -0.1) is 4.37 Å². The molecule has 5 heteroatoms. The summed E-state index contributed by atoms with van der Waals surface area (Å²) in [4.78, 5) is 4.08. The zero-order valence-corrected chi connectivity index (χ0v) is 10.9. The Kier molecular flexibility index (Phi) is 3.47. The Labute approximate surface area is 115 Å². The van der Waals surface area contributed by atoms with Crippen LogP contribution in [0.4, 0.5) is 0 Å². The largest absolute Gasteiger partial charge is 0.471 e. The fraction of sp³-hybridized carbons (Fsp3) is 0.0714. The molecule has 0 N–H and O–H groups in total. The van der Waals surface area contributed by atoms with E-state index in [4.69, 9.17) is 4.74 Å². The summed E-state index contributed by atoms with van der Waals surface area (Å²) in [7, 11) is 0. The molecule has 3 rings (SSSR count). The van der Waals surface area contributed by atoms with Gasteiger partial charge in [-0.25, -0.2) is 0 Å². The molecule has 2 heterocycles. The third-order valence-electron chi connectivity index (χ3n) is 2.61. The van der Waals surface area contributed by atoms with Crippen LogP contribution in [0, 0.1) is 0 Å². The van der Waals surface area contributed by atoms with Gasteiger partial charge in [0, 0.05) is 18.0 Å². The Morgan fingerprint density at radius 1 is 1.00 bits per heavy atom. The van der Waals surface area contributed by atoms with Crippen molar-refractivity contribution in [3.05, 3.63) is 60.4 Å². The maximum Gasteiger partial charge on any atom is 0.254 e. The van der Waals surface area contributed by atoms with Crippen LogP contribution >= 0.6 is 11.7 Å². The van der Waals surface area contributed by atoms with Crippen molar-refractivity contribution < 1.29 is 4.74 Å². The topological polar surface area (TPSA) is 47.9 Å². The number of ether oxygens (including phenoxy) is 1. The fourth-order valence-electron chi connectivity index (χ4n) is 1.68. The highest BCUT2D eigenvalue weighted by molar-refractivity contribution is 6.99. The summed E-state index contributed by atoms with van der Waals surface area (Å²) in [6.07, 6.45) is 3.49. The highest BCUT2D eigenvalue weighted by Gasteiger charge is 2.11. The normalized spacial score (nSPS) is 10.3.